The summed E-state index contributed by atoms with van der Waals surface area (Å²) in [6, 6.07) is 0. The molecule has 0 aliphatic heterocycles. The molecule has 0 N–H and O–H groups in total. The molecule has 0 bridgehead atoms. The molecule has 236 valence electrons. The van der Waals surface area contributed by atoms with Crippen molar-refractivity contribution in [2.45, 2.75) is 84.2 Å². The van der Waals surface area contributed by atoms with Crippen molar-refractivity contribution >= 4 is 32.8 Å². The van der Waals surface area contributed by atoms with Crippen LogP contribution in [0.1, 0.15) is 74.1 Å². The Labute approximate surface area is 238 Å². The lowest BCUT2D eigenvalue weighted by Gasteiger charge is -2.45. The Hall–Kier alpha value is 0.494. The van der Waals surface area contributed by atoms with E-state index >= 15 is 0 Å². The van der Waals surface area contributed by atoms with Gasteiger partial charge in [0.2, 0.25) is 0 Å². The van der Waals surface area contributed by atoms with E-state index in [0.29, 0.717) is 46.1 Å². The van der Waals surface area contributed by atoms with Gasteiger partial charge in [0.25, 0.3) is 0 Å². The lowest BCUT2D eigenvalue weighted by atomic mass is 10.1. The molecule has 0 saturated carbocycles. The first-order chi connectivity index (χ1) is 18.5. The summed E-state index contributed by atoms with van der Waals surface area (Å²) in [5, 5.41) is -0.662. The quantitative estimate of drug-likeness (QED) is 0.0828. The molecule has 0 aliphatic rings. The summed E-state index contributed by atoms with van der Waals surface area (Å²) in [7, 11) is -10.3. The van der Waals surface area contributed by atoms with E-state index < -0.39 is 42.9 Å². The first kappa shape index (κ1) is 39.5. The van der Waals surface area contributed by atoms with Gasteiger partial charge < -0.3 is 44.7 Å². The van der Waals surface area contributed by atoms with Gasteiger partial charge in [0, 0.05) is 68.1 Å². The van der Waals surface area contributed by atoms with Gasteiger partial charge in [-0.15, -0.1) is 0 Å². The summed E-state index contributed by atoms with van der Waals surface area (Å²) >= 11 is 0. The minimum atomic E-state index is -4.07. The topological polar surface area (TPSA) is 126 Å². The Morgan fingerprint density at radius 1 is 0.538 bits per heavy atom. The van der Waals surface area contributed by atoms with Crippen molar-refractivity contribution in [3.63, 3.8) is 0 Å². The molecular weight excluding hydrogens is 586 g/mol. The molecule has 0 radical (unpaired) electrons. The highest BCUT2D eigenvalue weighted by Gasteiger charge is 2.69. The third-order valence-corrected chi connectivity index (χ3v) is 21.3. The molecule has 0 spiro atoms. The van der Waals surface area contributed by atoms with Crippen LogP contribution in [-0.2, 0) is 53.8 Å². The molecule has 0 aromatic carbocycles. The summed E-state index contributed by atoms with van der Waals surface area (Å²) in [6.07, 6.45) is 0.837. The summed E-state index contributed by atoms with van der Waals surface area (Å²) in [5.41, 5.74) is 0. The minimum Gasteiger partial charge on any atom is -0.374 e. The molecule has 0 unspecified atom stereocenters. The van der Waals surface area contributed by atoms with Crippen molar-refractivity contribution in [1.29, 1.82) is 0 Å². The van der Waals surface area contributed by atoms with Crippen molar-refractivity contribution in [1.82, 2.24) is 0 Å². The van der Waals surface area contributed by atoms with Crippen LogP contribution in [0, 0.1) is 0 Å². The first-order valence-corrected chi connectivity index (χ1v) is 20.5. The van der Waals surface area contributed by atoms with Crippen LogP contribution in [0.5, 0.6) is 0 Å². The van der Waals surface area contributed by atoms with E-state index in [2.05, 4.69) is 0 Å². The second-order valence-electron chi connectivity index (χ2n) is 8.35. The van der Waals surface area contributed by atoms with E-state index in [1.807, 2.05) is 48.5 Å². The van der Waals surface area contributed by atoms with E-state index in [9.17, 15) is 9.13 Å². The fourth-order valence-electron chi connectivity index (χ4n) is 5.06. The van der Waals surface area contributed by atoms with E-state index in [0.717, 1.165) is 0 Å². The van der Waals surface area contributed by atoms with Crippen LogP contribution in [0.15, 0.2) is 0 Å². The predicted octanol–water partition coefficient (Wildman–Crippen LogP) is 6.24. The molecule has 39 heavy (non-hydrogen) atoms. The SMILES string of the molecule is CCCC(CCC([Si](OCC)(OCC)OCC)[Si](OCC)(OCC)OCC)(P(=O)(OC)OC)P(=O)(OC)OC. The molecule has 0 aromatic heterocycles. The first-order valence-electron chi connectivity index (χ1n) is 13.8. The van der Waals surface area contributed by atoms with Gasteiger partial charge in [-0.05, 0) is 60.8 Å². The van der Waals surface area contributed by atoms with Gasteiger partial charge >= 0.3 is 32.8 Å². The fourth-order valence-corrected chi connectivity index (χ4v) is 19.0. The molecule has 0 aliphatic carbocycles. The predicted molar refractivity (Wildman–Crippen MR) is 155 cm³/mol. The molecule has 0 amide bonds. The Bertz CT molecular complexity index is 659. The molecule has 0 saturated heterocycles. The maximum Gasteiger partial charge on any atom is 0.508 e. The van der Waals surface area contributed by atoms with Crippen LogP contribution < -0.4 is 0 Å². The van der Waals surface area contributed by atoms with E-state index in [1.165, 1.54) is 28.4 Å². The average molecular weight is 641 g/mol. The van der Waals surface area contributed by atoms with Crippen molar-refractivity contribution in [3.05, 3.63) is 0 Å². The highest BCUT2D eigenvalue weighted by atomic mass is 31.2. The average Bonchev–Trinajstić information content (AvgIpc) is 2.92. The minimum absolute atomic E-state index is 0.00731. The van der Waals surface area contributed by atoms with Crippen molar-refractivity contribution in [2.24, 2.45) is 0 Å². The molecule has 0 rings (SSSR count). The zero-order chi connectivity index (χ0) is 30.2. The van der Waals surface area contributed by atoms with E-state index in [4.69, 9.17) is 44.7 Å². The highest BCUT2D eigenvalue weighted by molar-refractivity contribution is 7.74. The van der Waals surface area contributed by atoms with Gasteiger partial charge in [0.05, 0.1) is 5.16 Å². The van der Waals surface area contributed by atoms with Gasteiger partial charge in [0.1, 0.15) is 0 Å². The molecule has 0 aromatic rings. The smallest absolute Gasteiger partial charge is 0.374 e. The molecule has 0 heterocycles. The highest BCUT2D eigenvalue weighted by Crippen LogP contribution is 2.80. The zero-order valence-electron chi connectivity index (χ0n) is 25.9. The third kappa shape index (κ3) is 8.76. The molecule has 16 heteroatoms. The van der Waals surface area contributed by atoms with Gasteiger partial charge in [-0.2, -0.15) is 0 Å². The second kappa shape index (κ2) is 18.9. The Morgan fingerprint density at radius 2 is 0.821 bits per heavy atom. The van der Waals surface area contributed by atoms with Crippen LogP contribution in [0.3, 0.4) is 0 Å². The Balaban J connectivity index is 7.53. The van der Waals surface area contributed by atoms with Crippen LogP contribution >= 0.6 is 15.2 Å². The maximum absolute atomic E-state index is 14.3. The van der Waals surface area contributed by atoms with E-state index in [1.54, 1.807) is 0 Å². The Kier molecular flexibility index (Phi) is 19.1. The van der Waals surface area contributed by atoms with Crippen LogP contribution in [-0.4, -0.2) is 90.6 Å². The fraction of sp³-hybridized carbons (Fsp3) is 1.00. The molecule has 0 atom stereocenters. The lowest BCUT2D eigenvalue weighted by Crippen LogP contribution is -2.64. The van der Waals surface area contributed by atoms with Crippen LogP contribution in [0.25, 0.3) is 0 Å². The largest absolute Gasteiger partial charge is 0.508 e. The van der Waals surface area contributed by atoms with E-state index in [-0.39, 0.29) is 19.3 Å². The van der Waals surface area contributed by atoms with Gasteiger partial charge in [0.15, 0.2) is 4.90 Å². The monoisotopic (exact) mass is 640 g/mol. The van der Waals surface area contributed by atoms with Crippen molar-refractivity contribution in [3.8, 4) is 0 Å². The zero-order valence-corrected chi connectivity index (χ0v) is 29.7. The number of rotatable bonds is 25. The van der Waals surface area contributed by atoms with Gasteiger partial charge in [-0.1, -0.05) is 13.3 Å². The molecule has 0 fully saturated rings. The summed E-state index contributed by atoms with van der Waals surface area (Å²) in [4.78, 5) is -1.66. The van der Waals surface area contributed by atoms with Crippen molar-refractivity contribution < 1.29 is 53.8 Å². The van der Waals surface area contributed by atoms with Crippen LogP contribution in [0.4, 0.5) is 0 Å². The second-order valence-corrected chi connectivity index (χ2v) is 20.0. The normalized spacial score (nSPS) is 13.9. The standard InChI is InChI=1S/C23H54O12P2Si2/c1-12-20-23(36(24,26-8)27-9,37(25,28-10)29-11)21-19-22(38(30-13-2,31-14-3)32-15-4)39(33-16-5,34-17-6)35-18-7/h22H,12-21H2,1-11H3. The summed E-state index contributed by atoms with van der Waals surface area (Å²) < 4.78 is 88.5. The van der Waals surface area contributed by atoms with Gasteiger partial charge in [-0.3, -0.25) is 9.13 Å². The van der Waals surface area contributed by atoms with Crippen LogP contribution in [0.2, 0.25) is 5.16 Å². The van der Waals surface area contributed by atoms with Gasteiger partial charge in [-0.25, -0.2) is 0 Å². The number of hydrogen-bond acceptors (Lipinski definition) is 12. The Morgan fingerprint density at radius 3 is 1.03 bits per heavy atom. The number of hydrogen-bond donors (Lipinski definition) is 0. The summed E-state index contributed by atoms with van der Waals surface area (Å²) in [6.45, 7) is 14.9. The lowest BCUT2D eigenvalue weighted by molar-refractivity contribution is 0.0305. The summed E-state index contributed by atoms with van der Waals surface area (Å²) in [5.74, 6) is 0. The van der Waals surface area contributed by atoms with Crippen molar-refractivity contribution in [2.75, 3.05) is 68.1 Å². The maximum atomic E-state index is 14.3. The molecule has 12 nitrogen and oxygen atoms in total. The molecular formula is C23H54O12P2Si2. The third-order valence-electron chi connectivity index (χ3n) is 6.39.